The maximum absolute atomic E-state index is 12.7. The van der Waals surface area contributed by atoms with E-state index in [0.717, 1.165) is 57.8 Å². The number of allylic oxidation sites excluding steroid dienone is 4. The molecular weight excluding hydrogens is 717 g/mol. The van der Waals surface area contributed by atoms with Crippen LogP contribution in [0, 0.1) is 0 Å². The SMILES string of the molecule is CCCC/C=C/CCCCCCCC(=O)OC[C@H](CO[C@H]1O[C@H](CS(=O)(=O)O)[C@@H](O)C(O)C1O)OC(=O)CCCC/C=C/CCCCCCCCCCC. The first-order valence-corrected chi connectivity index (χ1v) is 22.5. The average Bonchev–Trinajstić information content (AvgIpc) is 3.13. The van der Waals surface area contributed by atoms with E-state index in [4.69, 9.17) is 18.9 Å². The average molecular weight is 791 g/mol. The Kier molecular flexibility index (Phi) is 29.9. The van der Waals surface area contributed by atoms with Gasteiger partial charge < -0.3 is 34.3 Å². The minimum atomic E-state index is -4.60. The van der Waals surface area contributed by atoms with Crippen LogP contribution in [0.5, 0.6) is 0 Å². The molecule has 0 aliphatic carbocycles. The number of esters is 2. The van der Waals surface area contributed by atoms with Crippen LogP contribution in [0.15, 0.2) is 24.3 Å². The zero-order valence-corrected chi connectivity index (χ0v) is 34.1. The van der Waals surface area contributed by atoms with Crippen molar-refractivity contribution in [1.82, 2.24) is 0 Å². The molecule has 1 saturated heterocycles. The minimum absolute atomic E-state index is 0.134. The predicted molar refractivity (Wildman–Crippen MR) is 210 cm³/mol. The Hall–Kier alpha value is -1.87. The van der Waals surface area contributed by atoms with Gasteiger partial charge in [-0.25, -0.2) is 0 Å². The van der Waals surface area contributed by atoms with Gasteiger partial charge in [0.15, 0.2) is 12.4 Å². The van der Waals surface area contributed by atoms with E-state index in [-0.39, 0.29) is 19.4 Å². The Morgan fingerprint density at radius 3 is 1.63 bits per heavy atom. The van der Waals surface area contributed by atoms with Crippen LogP contribution < -0.4 is 0 Å². The van der Waals surface area contributed by atoms with Gasteiger partial charge >= 0.3 is 11.9 Å². The summed E-state index contributed by atoms with van der Waals surface area (Å²) in [6, 6.07) is 0. The van der Waals surface area contributed by atoms with Crippen molar-refractivity contribution in [3.8, 4) is 0 Å². The third-order valence-electron chi connectivity index (χ3n) is 9.50. The van der Waals surface area contributed by atoms with Gasteiger partial charge in [0.05, 0.1) is 6.61 Å². The Bertz CT molecular complexity index is 1110. The molecule has 0 bridgehead atoms. The lowest BCUT2D eigenvalue weighted by atomic mass is 10.00. The lowest BCUT2D eigenvalue weighted by Gasteiger charge is -2.40. The monoisotopic (exact) mass is 790 g/mol. The summed E-state index contributed by atoms with van der Waals surface area (Å²) in [4.78, 5) is 25.3. The standard InChI is InChI=1S/C41H74O12S/c1-3-5-7-9-11-13-15-16-17-18-20-22-24-26-28-30-37(43)52-34(31-50-36(42)29-27-25-23-21-19-14-12-10-8-6-4-2)32-51-41-40(46)39(45)38(44)35(53-41)33-54(47,48)49/h10,12,20,22,34-35,38-41,44-46H,3-9,11,13-19,21,23-33H2,1-2H3,(H,47,48,49)/b12-10+,22-20+/t34-,35-,38-,39?,40?,41+/m1/s1. The van der Waals surface area contributed by atoms with Gasteiger partial charge in [-0.1, -0.05) is 122 Å². The first-order valence-electron chi connectivity index (χ1n) is 20.9. The van der Waals surface area contributed by atoms with Gasteiger partial charge in [0.25, 0.3) is 10.1 Å². The van der Waals surface area contributed by atoms with E-state index >= 15 is 0 Å². The Balaban J connectivity index is 2.51. The Morgan fingerprint density at radius 1 is 0.611 bits per heavy atom. The second kappa shape index (κ2) is 32.2. The lowest BCUT2D eigenvalue weighted by Crippen LogP contribution is -2.60. The van der Waals surface area contributed by atoms with Crippen LogP contribution in [-0.4, -0.2) is 96.0 Å². The molecule has 0 aromatic carbocycles. The zero-order valence-electron chi connectivity index (χ0n) is 33.3. The van der Waals surface area contributed by atoms with E-state index in [1.165, 1.54) is 70.6 Å². The summed E-state index contributed by atoms with van der Waals surface area (Å²) >= 11 is 0. The largest absolute Gasteiger partial charge is 0.462 e. The molecule has 0 amide bonds. The lowest BCUT2D eigenvalue weighted by molar-refractivity contribution is -0.297. The summed E-state index contributed by atoms with van der Waals surface area (Å²) in [6.07, 6.45) is 23.8. The summed E-state index contributed by atoms with van der Waals surface area (Å²) in [5, 5.41) is 30.8. The van der Waals surface area contributed by atoms with Crippen molar-refractivity contribution in [2.45, 2.75) is 205 Å². The van der Waals surface area contributed by atoms with Crippen LogP contribution in [0.25, 0.3) is 0 Å². The molecule has 4 N–H and O–H groups in total. The summed E-state index contributed by atoms with van der Waals surface area (Å²) in [5.74, 6) is -2.02. The third-order valence-corrected chi connectivity index (χ3v) is 10.3. The number of ether oxygens (including phenoxy) is 4. The molecule has 316 valence electrons. The van der Waals surface area contributed by atoms with E-state index in [1.807, 2.05) is 0 Å². The van der Waals surface area contributed by atoms with Gasteiger partial charge in [0.1, 0.15) is 36.8 Å². The van der Waals surface area contributed by atoms with Crippen molar-refractivity contribution in [2.24, 2.45) is 0 Å². The van der Waals surface area contributed by atoms with Crippen molar-refractivity contribution >= 4 is 22.1 Å². The highest BCUT2D eigenvalue weighted by Crippen LogP contribution is 2.24. The van der Waals surface area contributed by atoms with Crippen LogP contribution >= 0.6 is 0 Å². The summed E-state index contributed by atoms with van der Waals surface area (Å²) < 4.78 is 53.8. The molecule has 6 atom stereocenters. The van der Waals surface area contributed by atoms with Crippen LogP contribution in [-0.2, 0) is 38.7 Å². The van der Waals surface area contributed by atoms with Crippen LogP contribution in [0.3, 0.4) is 0 Å². The van der Waals surface area contributed by atoms with Crippen molar-refractivity contribution < 1.29 is 56.8 Å². The molecule has 0 spiro atoms. The third kappa shape index (κ3) is 26.9. The molecule has 1 aliphatic heterocycles. The number of hydrogen-bond donors (Lipinski definition) is 4. The molecule has 12 nitrogen and oxygen atoms in total. The Morgan fingerprint density at radius 2 is 1.07 bits per heavy atom. The highest BCUT2D eigenvalue weighted by molar-refractivity contribution is 7.85. The molecule has 2 unspecified atom stereocenters. The van der Waals surface area contributed by atoms with E-state index in [1.54, 1.807) is 0 Å². The fourth-order valence-electron chi connectivity index (χ4n) is 6.18. The molecule has 13 heteroatoms. The molecule has 1 fully saturated rings. The highest BCUT2D eigenvalue weighted by atomic mass is 32.2. The molecule has 1 aliphatic rings. The quantitative estimate of drug-likeness (QED) is 0.0216. The van der Waals surface area contributed by atoms with Crippen LogP contribution in [0.4, 0.5) is 0 Å². The molecule has 0 aromatic rings. The van der Waals surface area contributed by atoms with Gasteiger partial charge in [0, 0.05) is 12.8 Å². The molecular formula is C41H74O12S. The first-order chi connectivity index (χ1) is 26.0. The smallest absolute Gasteiger partial charge is 0.306 e. The topological polar surface area (TPSA) is 186 Å². The number of rotatable bonds is 34. The van der Waals surface area contributed by atoms with Crippen molar-refractivity contribution in [3.05, 3.63) is 24.3 Å². The normalized spacial score (nSPS) is 21.2. The number of unbranched alkanes of at least 4 members (excludes halogenated alkanes) is 18. The summed E-state index contributed by atoms with van der Waals surface area (Å²) in [6.45, 7) is 3.68. The van der Waals surface area contributed by atoms with Gasteiger partial charge in [-0.15, -0.1) is 0 Å². The van der Waals surface area contributed by atoms with E-state index in [2.05, 4.69) is 38.2 Å². The molecule has 1 rings (SSSR count). The molecule has 0 radical (unpaired) electrons. The van der Waals surface area contributed by atoms with Gasteiger partial charge in [0.2, 0.25) is 0 Å². The van der Waals surface area contributed by atoms with Gasteiger partial charge in [-0.3, -0.25) is 14.1 Å². The van der Waals surface area contributed by atoms with Crippen LogP contribution in [0.1, 0.15) is 168 Å². The molecule has 0 aromatic heterocycles. The molecule has 1 heterocycles. The van der Waals surface area contributed by atoms with Crippen LogP contribution in [0.2, 0.25) is 0 Å². The minimum Gasteiger partial charge on any atom is -0.462 e. The molecule has 0 saturated carbocycles. The van der Waals surface area contributed by atoms with E-state index in [0.29, 0.717) is 12.8 Å². The summed E-state index contributed by atoms with van der Waals surface area (Å²) in [5.41, 5.74) is 0. The number of aliphatic hydroxyl groups is 3. The number of carbonyl (C=O) groups excluding carboxylic acids is 2. The van der Waals surface area contributed by atoms with E-state index in [9.17, 15) is 37.9 Å². The Labute approximate surface area is 326 Å². The second-order valence-corrected chi connectivity index (χ2v) is 16.1. The van der Waals surface area contributed by atoms with Gasteiger partial charge in [-0.05, 0) is 57.8 Å². The first kappa shape index (κ1) is 50.1. The maximum atomic E-state index is 12.7. The van der Waals surface area contributed by atoms with Crippen molar-refractivity contribution in [2.75, 3.05) is 19.0 Å². The van der Waals surface area contributed by atoms with Crippen molar-refractivity contribution in [1.29, 1.82) is 0 Å². The highest BCUT2D eigenvalue weighted by Gasteiger charge is 2.46. The summed E-state index contributed by atoms with van der Waals surface area (Å²) in [7, 11) is -4.60. The van der Waals surface area contributed by atoms with E-state index < -0.39 is 71.2 Å². The fraction of sp³-hybridized carbons (Fsp3) is 0.854. The second-order valence-electron chi connectivity index (χ2n) is 14.6. The maximum Gasteiger partial charge on any atom is 0.306 e. The zero-order chi connectivity index (χ0) is 39.9. The van der Waals surface area contributed by atoms with Crippen molar-refractivity contribution in [3.63, 3.8) is 0 Å². The fourth-order valence-corrected chi connectivity index (χ4v) is 6.87. The number of aliphatic hydroxyl groups excluding tert-OH is 3. The van der Waals surface area contributed by atoms with Gasteiger partial charge in [-0.2, -0.15) is 8.42 Å². The predicted octanol–water partition coefficient (Wildman–Crippen LogP) is 7.67. The number of carbonyl (C=O) groups is 2. The number of hydrogen-bond acceptors (Lipinski definition) is 11. The molecule has 54 heavy (non-hydrogen) atoms.